The number of amides is 1. The number of likely N-dealkylation sites (tertiary alicyclic amines) is 1. The number of likely N-dealkylation sites (N-methyl/N-ethyl adjacent to an activating group) is 1. The Kier molecular flexibility index (Phi) is 5.08. The number of ether oxygens (including phenoxy) is 1. The third-order valence-electron chi connectivity index (χ3n) is 3.56. The van der Waals surface area contributed by atoms with Gasteiger partial charge in [0.1, 0.15) is 6.04 Å². The molecule has 2 rings (SSSR count). The molecule has 0 spiro atoms. The predicted molar refractivity (Wildman–Crippen MR) is 76.7 cm³/mol. The van der Waals surface area contributed by atoms with Crippen molar-refractivity contribution in [3.8, 4) is 0 Å². The third-order valence-corrected chi connectivity index (χ3v) is 3.56. The zero-order valence-electron chi connectivity index (χ0n) is 12.4. The van der Waals surface area contributed by atoms with Gasteiger partial charge in [-0.15, -0.1) is 0 Å². The van der Waals surface area contributed by atoms with Crippen molar-refractivity contribution in [3.05, 3.63) is 18.5 Å². The second kappa shape index (κ2) is 7.01. The van der Waals surface area contributed by atoms with Gasteiger partial charge < -0.3 is 14.5 Å². The van der Waals surface area contributed by atoms with Crippen LogP contribution >= 0.6 is 0 Å². The predicted octanol–water partition coefficient (Wildman–Crippen LogP) is 0.467. The third kappa shape index (κ3) is 3.68. The van der Waals surface area contributed by atoms with E-state index in [0.29, 0.717) is 18.9 Å². The standard InChI is InChI=1S/C14H20N4O3/c1-17(14-15-7-5-8-16-14)10-12(19)18-9-4-3-6-11(18)13(20)21-2/h5,7-8,11H,3-4,6,9-10H2,1-2H3/t11-/m1/s1. The van der Waals surface area contributed by atoms with E-state index in [2.05, 4.69) is 9.97 Å². The largest absolute Gasteiger partial charge is 0.467 e. The molecule has 1 aliphatic heterocycles. The fourth-order valence-electron chi connectivity index (χ4n) is 2.46. The molecule has 1 saturated heterocycles. The van der Waals surface area contributed by atoms with Crippen LogP contribution in [0, 0.1) is 0 Å². The molecule has 2 heterocycles. The minimum absolute atomic E-state index is 0.111. The van der Waals surface area contributed by atoms with Crippen molar-refractivity contribution in [2.24, 2.45) is 0 Å². The molecule has 0 bridgehead atoms. The Morgan fingerprint density at radius 3 is 2.76 bits per heavy atom. The number of piperidine rings is 1. The van der Waals surface area contributed by atoms with E-state index < -0.39 is 6.04 Å². The molecule has 0 N–H and O–H groups in total. The number of esters is 1. The van der Waals surface area contributed by atoms with Crippen LogP contribution in [0.1, 0.15) is 19.3 Å². The highest BCUT2D eigenvalue weighted by Gasteiger charge is 2.33. The van der Waals surface area contributed by atoms with E-state index in [1.807, 2.05) is 0 Å². The number of carbonyl (C=O) groups is 2. The summed E-state index contributed by atoms with van der Waals surface area (Å²) in [5, 5.41) is 0. The van der Waals surface area contributed by atoms with Crippen LogP contribution in [0.2, 0.25) is 0 Å². The van der Waals surface area contributed by atoms with E-state index in [9.17, 15) is 9.59 Å². The Balaban J connectivity index is 2.02. The van der Waals surface area contributed by atoms with Gasteiger partial charge in [0.15, 0.2) is 0 Å². The first-order valence-electron chi connectivity index (χ1n) is 6.99. The van der Waals surface area contributed by atoms with Crippen molar-refractivity contribution in [3.63, 3.8) is 0 Å². The second-order valence-electron chi connectivity index (χ2n) is 5.03. The van der Waals surface area contributed by atoms with Gasteiger partial charge in [0.25, 0.3) is 0 Å². The molecule has 0 saturated carbocycles. The molecule has 1 fully saturated rings. The van der Waals surface area contributed by atoms with Gasteiger partial charge in [-0.05, 0) is 25.3 Å². The number of hydrogen-bond donors (Lipinski definition) is 0. The van der Waals surface area contributed by atoms with E-state index in [1.54, 1.807) is 35.3 Å². The number of hydrogen-bond acceptors (Lipinski definition) is 6. The van der Waals surface area contributed by atoms with E-state index in [0.717, 1.165) is 12.8 Å². The van der Waals surface area contributed by atoms with Crippen molar-refractivity contribution >= 4 is 17.8 Å². The average molecular weight is 292 g/mol. The van der Waals surface area contributed by atoms with Crippen LogP contribution in [0.15, 0.2) is 18.5 Å². The topological polar surface area (TPSA) is 75.6 Å². The number of aromatic nitrogens is 2. The quantitative estimate of drug-likeness (QED) is 0.751. The van der Waals surface area contributed by atoms with Crippen LogP contribution in [0.25, 0.3) is 0 Å². The van der Waals surface area contributed by atoms with Gasteiger partial charge in [0, 0.05) is 26.0 Å². The summed E-state index contributed by atoms with van der Waals surface area (Å²) in [5.74, 6) is 0.0270. The molecule has 0 radical (unpaired) electrons. The van der Waals surface area contributed by atoms with Crippen molar-refractivity contribution in [1.82, 2.24) is 14.9 Å². The number of methoxy groups -OCH3 is 1. The smallest absolute Gasteiger partial charge is 0.328 e. The maximum atomic E-state index is 12.4. The Hall–Kier alpha value is -2.18. The highest BCUT2D eigenvalue weighted by atomic mass is 16.5. The molecule has 0 unspecified atom stereocenters. The molecule has 0 aromatic carbocycles. The Morgan fingerprint density at radius 2 is 2.10 bits per heavy atom. The van der Waals surface area contributed by atoms with Crippen LogP contribution < -0.4 is 4.90 Å². The molecular formula is C14H20N4O3. The molecule has 7 heteroatoms. The molecule has 1 amide bonds. The zero-order valence-corrected chi connectivity index (χ0v) is 12.4. The highest BCUT2D eigenvalue weighted by Crippen LogP contribution is 2.18. The summed E-state index contributed by atoms with van der Waals surface area (Å²) in [5.41, 5.74) is 0. The molecule has 0 aliphatic carbocycles. The van der Waals surface area contributed by atoms with E-state index in [1.165, 1.54) is 7.11 Å². The van der Waals surface area contributed by atoms with Crippen molar-refractivity contribution in [2.75, 3.05) is 32.1 Å². The van der Waals surface area contributed by atoms with Gasteiger partial charge in [0.05, 0.1) is 13.7 Å². The number of rotatable bonds is 4. The Morgan fingerprint density at radius 1 is 1.38 bits per heavy atom. The lowest BCUT2D eigenvalue weighted by molar-refractivity contribution is -0.154. The lowest BCUT2D eigenvalue weighted by Gasteiger charge is -2.34. The van der Waals surface area contributed by atoms with Crippen LogP contribution in [0.3, 0.4) is 0 Å². The molecule has 1 aliphatic rings. The van der Waals surface area contributed by atoms with Crippen LogP contribution in [0.4, 0.5) is 5.95 Å². The summed E-state index contributed by atoms with van der Waals surface area (Å²) in [7, 11) is 3.11. The lowest BCUT2D eigenvalue weighted by Crippen LogP contribution is -2.51. The van der Waals surface area contributed by atoms with Crippen LogP contribution in [-0.2, 0) is 14.3 Å². The molecule has 21 heavy (non-hydrogen) atoms. The van der Waals surface area contributed by atoms with Gasteiger partial charge in [0.2, 0.25) is 11.9 Å². The molecular weight excluding hydrogens is 272 g/mol. The van der Waals surface area contributed by atoms with Gasteiger partial charge in [-0.2, -0.15) is 0 Å². The summed E-state index contributed by atoms with van der Waals surface area (Å²) >= 11 is 0. The summed E-state index contributed by atoms with van der Waals surface area (Å²) < 4.78 is 4.79. The minimum Gasteiger partial charge on any atom is -0.467 e. The van der Waals surface area contributed by atoms with Gasteiger partial charge >= 0.3 is 5.97 Å². The summed E-state index contributed by atoms with van der Waals surface area (Å²) in [4.78, 5) is 35.7. The highest BCUT2D eigenvalue weighted by molar-refractivity contribution is 5.87. The van der Waals surface area contributed by atoms with Crippen LogP contribution in [-0.4, -0.2) is 60.0 Å². The maximum Gasteiger partial charge on any atom is 0.328 e. The number of anilines is 1. The number of nitrogens with zero attached hydrogens (tertiary/aromatic N) is 4. The van der Waals surface area contributed by atoms with Crippen molar-refractivity contribution in [1.29, 1.82) is 0 Å². The first-order chi connectivity index (χ1) is 10.1. The van der Waals surface area contributed by atoms with Gasteiger partial charge in [-0.3, -0.25) is 4.79 Å². The van der Waals surface area contributed by atoms with Gasteiger partial charge in [-0.25, -0.2) is 14.8 Å². The van der Waals surface area contributed by atoms with Gasteiger partial charge in [-0.1, -0.05) is 0 Å². The maximum absolute atomic E-state index is 12.4. The molecule has 7 nitrogen and oxygen atoms in total. The van der Waals surface area contributed by atoms with Crippen LogP contribution in [0.5, 0.6) is 0 Å². The first-order valence-corrected chi connectivity index (χ1v) is 6.99. The lowest BCUT2D eigenvalue weighted by atomic mass is 10.0. The summed E-state index contributed by atoms with van der Waals surface area (Å²) in [6.07, 6.45) is 5.75. The Labute approximate surface area is 123 Å². The first kappa shape index (κ1) is 15.2. The average Bonchev–Trinajstić information content (AvgIpc) is 2.54. The van der Waals surface area contributed by atoms with Crippen molar-refractivity contribution < 1.29 is 14.3 Å². The molecule has 1 atom stereocenters. The second-order valence-corrected chi connectivity index (χ2v) is 5.03. The Bertz CT molecular complexity index is 494. The monoisotopic (exact) mass is 292 g/mol. The van der Waals surface area contributed by atoms with Crippen molar-refractivity contribution in [2.45, 2.75) is 25.3 Å². The zero-order chi connectivity index (χ0) is 15.2. The van der Waals surface area contributed by atoms with E-state index >= 15 is 0 Å². The fraction of sp³-hybridized carbons (Fsp3) is 0.571. The normalized spacial score (nSPS) is 18.2. The minimum atomic E-state index is -0.471. The summed E-state index contributed by atoms with van der Waals surface area (Å²) in [6.45, 7) is 0.722. The SMILES string of the molecule is COC(=O)[C@H]1CCCCN1C(=O)CN(C)c1ncccn1. The summed E-state index contributed by atoms with van der Waals surface area (Å²) in [6, 6.07) is 1.25. The molecule has 1 aromatic rings. The van der Waals surface area contributed by atoms with E-state index in [4.69, 9.17) is 4.74 Å². The fourth-order valence-corrected chi connectivity index (χ4v) is 2.46. The molecule has 114 valence electrons. The molecule has 1 aromatic heterocycles. The number of carbonyl (C=O) groups excluding carboxylic acids is 2. The van der Waals surface area contributed by atoms with E-state index in [-0.39, 0.29) is 18.4 Å².